The van der Waals surface area contributed by atoms with Crippen molar-refractivity contribution >= 4 is 62.7 Å². The predicted octanol–water partition coefficient (Wildman–Crippen LogP) is 13.8. The number of anilines is 5. The molecule has 0 saturated heterocycles. The minimum absolute atomic E-state index is 0.0291. The van der Waals surface area contributed by atoms with Gasteiger partial charge in [0.05, 0.1) is 16.9 Å². The van der Waals surface area contributed by atoms with Crippen LogP contribution in [0.5, 0.6) is 0 Å². The largest absolute Gasteiger partial charge is 0.468 e. The molecule has 2 unspecified atom stereocenters. The van der Waals surface area contributed by atoms with Gasteiger partial charge in [-0.15, -0.1) is 0 Å². The lowest BCUT2D eigenvalue weighted by Gasteiger charge is -2.52. The number of benzene rings is 6. The number of hydrogen-bond donors (Lipinski definition) is 0. The van der Waals surface area contributed by atoms with Gasteiger partial charge in [0.2, 0.25) is 0 Å². The summed E-state index contributed by atoms with van der Waals surface area (Å²) >= 11 is 0. The van der Waals surface area contributed by atoms with Crippen LogP contribution < -0.4 is 26.4 Å². The molecule has 3 nitrogen and oxygen atoms in total. The standard InChI is InChI=1S/C58H59BN2O/c1-54(2,3)40-22-24-41(25-23-40)60-47-32-39(37-20-14-11-15-21-37)33-48-50(47)59(53-51(60)42-34-43-44(35-49(42)62-53)56(6,7)29-28-55(43,4)5)46-31-38(36-18-12-10-13-19-36)30-45-52(46)61(48)58(9)27-17-16-26-57(45,58)8/h10-15,18-25,30-35H,16-17,26-29H2,1-9H3. The summed E-state index contributed by atoms with van der Waals surface area (Å²) in [5.41, 5.74) is 22.0. The Morgan fingerprint density at radius 3 is 1.81 bits per heavy atom. The summed E-state index contributed by atoms with van der Waals surface area (Å²) in [6, 6.07) is 46.8. The molecule has 1 fully saturated rings. The van der Waals surface area contributed by atoms with E-state index in [0.717, 1.165) is 30.5 Å². The van der Waals surface area contributed by atoms with E-state index >= 15 is 0 Å². The number of fused-ring (bicyclic) bond motifs is 10. The Bertz CT molecular complexity index is 2990. The molecule has 4 heterocycles. The van der Waals surface area contributed by atoms with Gasteiger partial charge in [-0.3, -0.25) is 0 Å². The van der Waals surface area contributed by atoms with E-state index in [4.69, 9.17) is 4.42 Å². The maximum Gasteiger partial charge on any atom is 0.297 e. The average Bonchev–Trinajstić information content (AvgIpc) is 3.73. The highest BCUT2D eigenvalue weighted by atomic mass is 16.3. The number of rotatable bonds is 3. The van der Waals surface area contributed by atoms with E-state index in [2.05, 4.69) is 193 Å². The van der Waals surface area contributed by atoms with Gasteiger partial charge in [-0.2, -0.15) is 0 Å². The van der Waals surface area contributed by atoms with Crippen LogP contribution in [0, 0.1) is 0 Å². The molecule has 2 aliphatic carbocycles. The predicted molar refractivity (Wildman–Crippen MR) is 263 cm³/mol. The maximum atomic E-state index is 7.62. The van der Waals surface area contributed by atoms with Gasteiger partial charge >= 0.3 is 0 Å². The quantitative estimate of drug-likeness (QED) is 0.166. The molecule has 0 bridgehead atoms. The number of nitrogens with zero attached hydrogens (tertiary/aromatic N) is 2. The first-order chi connectivity index (χ1) is 29.6. The van der Waals surface area contributed by atoms with Crippen molar-refractivity contribution in [3.8, 4) is 22.3 Å². The molecule has 0 radical (unpaired) electrons. The molecule has 5 aliphatic rings. The third-order valence-corrected chi connectivity index (χ3v) is 16.8. The summed E-state index contributed by atoms with van der Waals surface area (Å²) < 4.78 is 7.62. The van der Waals surface area contributed by atoms with Crippen molar-refractivity contribution in [2.45, 2.75) is 128 Å². The lowest BCUT2D eigenvalue weighted by Crippen LogP contribution is -2.64. The van der Waals surface area contributed by atoms with E-state index in [0.29, 0.717) is 0 Å². The van der Waals surface area contributed by atoms with E-state index in [9.17, 15) is 0 Å². The van der Waals surface area contributed by atoms with Crippen LogP contribution in [0.1, 0.15) is 123 Å². The number of hydrogen-bond acceptors (Lipinski definition) is 3. The zero-order chi connectivity index (χ0) is 42.7. The summed E-state index contributed by atoms with van der Waals surface area (Å²) in [5.74, 6) is 0. The van der Waals surface area contributed by atoms with Crippen molar-refractivity contribution in [2.24, 2.45) is 0 Å². The SMILES string of the molecule is CC(C)(C)c1ccc(N2c3cc(-c4ccccc4)cc4c3B(c3cc(-c5ccccc5)cc5c3N4C3(C)CCCCC53C)c3oc4cc5c(cc4c32)C(C)(C)CCC5(C)C)cc1. The van der Waals surface area contributed by atoms with Crippen molar-refractivity contribution < 1.29 is 4.42 Å². The first-order valence-corrected chi connectivity index (χ1v) is 23.4. The highest BCUT2D eigenvalue weighted by Crippen LogP contribution is 2.63. The van der Waals surface area contributed by atoms with Crippen LogP contribution in [-0.2, 0) is 21.7 Å². The zero-order valence-electron chi connectivity index (χ0n) is 38.2. The van der Waals surface area contributed by atoms with Crippen LogP contribution >= 0.6 is 0 Å². The Labute approximate surface area is 369 Å². The van der Waals surface area contributed by atoms with E-state index in [1.807, 2.05) is 0 Å². The van der Waals surface area contributed by atoms with Crippen molar-refractivity contribution in [3.05, 3.63) is 144 Å². The van der Waals surface area contributed by atoms with Gasteiger partial charge in [-0.05, 0) is 147 Å². The van der Waals surface area contributed by atoms with Crippen molar-refractivity contribution in [1.29, 1.82) is 0 Å². The third-order valence-electron chi connectivity index (χ3n) is 16.8. The second-order valence-electron chi connectivity index (χ2n) is 22.3. The van der Waals surface area contributed by atoms with Gasteiger partial charge < -0.3 is 14.2 Å². The first kappa shape index (κ1) is 38.2. The van der Waals surface area contributed by atoms with Gasteiger partial charge in [0, 0.05) is 33.6 Å². The molecule has 7 aromatic rings. The molecule has 2 atom stereocenters. The minimum atomic E-state index is -0.102. The van der Waals surface area contributed by atoms with Gasteiger partial charge in [-0.1, -0.05) is 147 Å². The van der Waals surface area contributed by atoms with E-state index in [-0.39, 0.29) is 33.9 Å². The Balaban J connectivity index is 1.24. The molecule has 0 N–H and O–H groups in total. The normalized spacial score (nSPS) is 22.5. The highest BCUT2D eigenvalue weighted by Gasteiger charge is 2.62. The molecule has 1 aromatic heterocycles. The highest BCUT2D eigenvalue weighted by molar-refractivity contribution is 7.00. The third kappa shape index (κ3) is 5.07. The monoisotopic (exact) mass is 810 g/mol. The van der Waals surface area contributed by atoms with E-state index in [1.54, 1.807) is 0 Å². The molecule has 3 aliphatic heterocycles. The van der Waals surface area contributed by atoms with E-state index < -0.39 is 0 Å². The van der Waals surface area contributed by atoms with Crippen LogP contribution in [0.15, 0.2) is 126 Å². The fourth-order valence-corrected chi connectivity index (χ4v) is 12.9. The van der Waals surface area contributed by atoms with Gasteiger partial charge in [0.1, 0.15) is 5.58 Å². The zero-order valence-corrected chi connectivity index (χ0v) is 38.2. The van der Waals surface area contributed by atoms with Crippen LogP contribution in [0.2, 0.25) is 0 Å². The summed E-state index contributed by atoms with van der Waals surface area (Å²) in [4.78, 5) is 5.46. The lowest BCUT2D eigenvalue weighted by atomic mass is 9.35. The molecule has 6 aromatic carbocycles. The Morgan fingerprint density at radius 2 is 1.16 bits per heavy atom. The molecule has 0 spiro atoms. The van der Waals surface area contributed by atoms with Crippen LogP contribution in [0.25, 0.3) is 33.2 Å². The Hall–Kier alpha value is -5.48. The molecule has 12 rings (SSSR count). The Morgan fingerprint density at radius 1 is 0.565 bits per heavy atom. The maximum absolute atomic E-state index is 7.62. The molecule has 310 valence electrons. The average molecular weight is 811 g/mol. The molecular weight excluding hydrogens is 751 g/mol. The summed E-state index contributed by atoms with van der Waals surface area (Å²) in [5, 5.41) is 1.22. The van der Waals surface area contributed by atoms with Gasteiger partial charge in [-0.25, -0.2) is 0 Å². The van der Waals surface area contributed by atoms with Gasteiger partial charge in [0.25, 0.3) is 6.71 Å². The minimum Gasteiger partial charge on any atom is -0.468 e. The van der Waals surface area contributed by atoms with Crippen LogP contribution in [0.4, 0.5) is 28.4 Å². The summed E-state index contributed by atoms with van der Waals surface area (Å²) in [6.07, 6.45) is 7.14. The Kier molecular flexibility index (Phi) is 7.76. The molecule has 62 heavy (non-hydrogen) atoms. The molecule has 4 heteroatoms. The fraction of sp³-hybridized carbons (Fsp3) is 0.345. The molecule has 0 amide bonds. The topological polar surface area (TPSA) is 19.6 Å². The van der Waals surface area contributed by atoms with Crippen LogP contribution in [-0.4, -0.2) is 12.3 Å². The van der Waals surface area contributed by atoms with Crippen molar-refractivity contribution in [3.63, 3.8) is 0 Å². The van der Waals surface area contributed by atoms with Crippen LogP contribution in [0.3, 0.4) is 0 Å². The number of furan rings is 1. The van der Waals surface area contributed by atoms with Gasteiger partial charge in [0.15, 0.2) is 0 Å². The smallest absolute Gasteiger partial charge is 0.297 e. The second-order valence-corrected chi connectivity index (χ2v) is 22.3. The second kappa shape index (κ2) is 12.6. The van der Waals surface area contributed by atoms with E-state index in [1.165, 1.54) is 109 Å². The first-order valence-electron chi connectivity index (χ1n) is 23.4. The summed E-state index contributed by atoms with van der Waals surface area (Å²) in [7, 11) is 0. The van der Waals surface area contributed by atoms with Crippen molar-refractivity contribution in [2.75, 3.05) is 9.80 Å². The lowest BCUT2D eigenvalue weighted by molar-refractivity contribution is 0.195. The fourth-order valence-electron chi connectivity index (χ4n) is 12.9. The summed E-state index contributed by atoms with van der Waals surface area (Å²) in [6.45, 7) is 21.8. The molecular formula is C58H59BN2O. The van der Waals surface area contributed by atoms with Crippen molar-refractivity contribution in [1.82, 2.24) is 0 Å². The molecule has 1 saturated carbocycles.